The van der Waals surface area contributed by atoms with Crippen LogP contribution in [0, 0.1) is 0 Å². The molecular formula is C11H20O8. The van der Waals surface area contributed by atoms with Crippen molar-refractivity contribution < 1.29 is 40.2 Å². The Morgan fingerprint density at radius 1 is 1.00 bits per heavy atom. The van der Waals surface area contributed by atoms with Crippen molar-refractivity contribution in [3.63, 3.8) is 0 Å². The van der Waals surface area contributed by atoms with Crippen molar-refractivity contribution in [3.8, 4) is 0 Å². The largest absolute Gasteiger partial charge is 0.478 e. The van der Waals surface area contributed by atoms with Crippen LogP contribution in [0.3, 0.4) is 0 Å². The minimum atomic E-state index is -0.935. The van der Waals surface area contributed by atoms with Crippen LogP contribution >= 0.6 is 0 Å². The lowest BCUT2D eigenvalue weighted by atomic mass is 10.4. The van der Waals surface area contributed by atoms with Gasteiger partial charge in [-0.2, -0.15) is 0 Å². The number of aliphatic hydroxyl groups is 2. The Kier molecular flexibility index (Phi) is 16.9. The highest BCUT2D eigenvalue weighted by molar-refractivity contribution is 5.85. The molecule has 0 aliphatic heterocycles. The second-order valence-corrected chi connectivity index (χ2v) is 3.26. The SMILES string of the molecule is C=C(C)C(=O)O.C=C(C)C(=O)O.OCC(CO)OO. The van der Waals surface area contributed by atoms with Gasteiger partial charge in [0.2, 0.25) is 0 Å². The summed E-state index contributed by atoms with van der Waals surface area (Å²) in [5, 5.41) is 39.7. The average molecular weight is 280 g/mol. The Morgan fingerprint density at radius 2 is 1.21 bits per heavy atom. The molecule has 0 saturated carbocycles. The van der Waals surface area contributed by atoms with Crippen molar-refractivity contribution in [3.05, 3.63) is 24.3 Å². The van der Waals surface area contributed by atoms with E-state index in [2.05, 4.69) is 18.0 Å². The van der Waals surface area contributed by atoms with Crippen molar-refractivity contribution in [2.24, 2.45) is 0 Å². The van der Waals surface area contributed by atoms with Gasteiger partial charge in [0.15, 0.2) is 0 Å². The summed E-state index contributed by atoms with van der Waals surface area (Å²) in [6.45, 7) is 8.47. The van der Waals surface area contributed by atoms with Crippen LogP contribution in [-0.4, -0.2) is 56.9 Å². The maximum Gasteiger partial charge on any atom is 0.330 e. The van der Waals surface area contributed by atoms with Gasteiger partial charge in [-0.3, -0.25) is 5.26 Å². The van der Waals surface area contributed by atoms with Crippen LogP contribution in [0.1, 0.15) is 13.8 Å². The third-order valence-corrected chi connectivity index (χ3v) is 1.29. The molecule has 8 nitrogen and oxygen atoms in total. The first-order chi connectivity index (χ1) is 8.63. The molecule has 0 radical (unpaired) electrons. The molecule has 112 valence electrons. The summed E-state index contributed by atoms with van der Waals surface area (Å²) >= 11 is 0. The molecule has 0 aliphatic carbocycles. The van der Waals surface area contributed by atoms with E-state index in [1.807, 2.05) is 0 Å². The molecule has 0 amide bonds. The molecule has 0 fully saturated rings. The molecule has 0 aliphatic rings. The fourth-order valence-electron chi connectivity index (χ4n) is 0.124. The highest BCUT2D eigenvalue weighted by atomic mass is 17.1. The van der Waals surface area contributed by atoms with Gasteiger partial charge in [0.1, 0.15) is 6.10 Å². The minimum Gasteiger partial charge on any atom is -0.478 e. The first-order valence-corrected chi connectivity index (χ1v) is 4.93. The molecule has 0 rings (SSSR count). The van der Waals surface area contributed by atoms with E-state index in [0.29, 0.717) is 0 Å². The summed E-state index contributed by atoms with van der Waals surface area (Å²) < 4.78 is 0. The number of carboxylic acids is 2. The fraction of sp³-hybridized carbons (Fsp3) is 0.455. The van der Waals surface area contributed by atoms with Gasteiger partial charge >= 0.3 is 11.9 Å². The third-order valence-electron chi connectivity index (χ3n) is 1.29. The molecule has 0 saturated heterocycles. The zero-order valence-electron chi connectivity index (χ0n) is 10.9. The fourth-order valence-corrected chi connectivity index (χ4v) is 0.124. The molecule has 0 spiro atoms. The van der Waals surface area contributed by atoms with E-state index < -0.39 is 18.0 Å². The summed E-state index contributed by atoms with van der Waals surface area (Å²) in [6.07, 6.45) is -0.847. The Hall–Kier alpha value is -1.74. The van der Waals surface area contributed by atoms with Gasteiger partial charge in [-0.15, -0.1) is 0 Å². The van der Waals surface area contributed by atoms with E-state index in [-0.39, 0.29) is 24.4 Å². The van der Waals surface area contributed by atoms with Gasteiger partial charge in [-0.25, -0.2) is 14.5 Å². The monoisotopic (exact) mass is 280 g/mol. The molecular weight excluding hydrogens is 260 g/mol. The van der Waals surface area contributed by atoms with Gasteiger partial charge in [0, 0.05) is 11.1 Å². The second kappa shape index (κ2) is 14.3. The van der Waals surface area contributed by atoms with E-state index in [1.54, 1.807) is 0 Å². The first kappa shape index (κ1) is 22.4. The van der Waals surface area contributed by atoms with Crippen LogP contribution in [0.2, 0.25) is 0 Å². The number of aliphatic carboxylic acids is 2. The number of carboxylic acid groups (broad SMARTS) is 2. The Balaban J connectivity index is -0.000000203. The van der Waals surface area contributed by atoms with Crippen molar-refractivity contribution in [1.82, 2.24) is 0 Å². The van der Waals surface area contributed by atoms with E-state index in [4.69, 9.17) is 25.7 Å². The van der Waals surface area contributed by atoms with E-state index >= 15 is 0 Å². The predicted molar refractivity (Wildman–Crippen MR) is 66.6 cm³/mol. The normalized spacial score (nSPS) is 8.53. The standard InChI is InChI=1S/2C4H6O2.C3H8O4/c2*1-3(2)4(5)6;4-1-3(2-5)7-6/h2*1H2,2H3,(H,5,6);3-6H,1-2H2. The molecule has 0 heterocycles. The topological polar surface area (TPSA) is 145 Å². The molecule has 0 aromatic heterocycles. The van der Waals surface area contributed by atoms with Gasteiger partial charge in [0.05, 0.1) is 13.2 Å². The Bertz CT molecular complexity index is 240. The summed E-state index contributed by atoms with van der Waals surface area (Å²) in [4.78, 5) is 22.7. The van der Waals surface area contributed by atoms with Crippen molar-refractivity contribution in [2.75, 3.05) is 13.2 Å². The highest BCUT2D eigenvalue weighted by Gasteiger charge is 2.01. The van der Waals surface area contributed by atoms with Gasteiger partial charge in [0.25, 0.3) is 0 Å². The minimum absolute atomic E-state index is 0.176. The lowest BCUT2D eigenvalue weighted by Gasteiger charge is -2.02. The van der Waals surface area contributed by atoms with Crippen LogP contribution in [0.15, 0.2) is 24.3 Å². The van der Waals surface area contributed by atoms with E-state index in [1.165, 1.54) is 13.8 Å². The lowest BCUT2D eigenvalue weighted by molar-refractivity contribution is -0.290. The van der Waals surface area contributed by atoms with Crippen molar-refractivity contribution in [1.29, 1.82) is 0 Å². The summed E-state index contributed by atoms with van der Waals surface area (Å²) in [6, 6.07) is 0. The summed E-state index contributed by atoms with van der Waals surface area (Å²) in [5.41, 5.74) is 0.352. The Labute approximate surface area is 110 Å². The molecule has 8 heteroatoms. The van der Waals surface area contributed by atoms with Crippen LogP contribution in [-0.2, 0) is 14.5 Å². The first-order valence-electron chi connectivity index (χ1n) is 4.93. The van der Waals surface area contributed by atoms with Crippen LogP contribution < -0.4 is 0 Å². The molecule has 0 aromatic rings. The van der Waals surface area contributed by atoms with E-state index in [9.17, 15) is 9.59 Å². The van der Waals surface area contributed by atoms with Crippen LogP contribution in [0.25, 0.3) is 0 Å². The zero-order chi connectivity index (χ0) is 16.0. The summed E-state index contributed by atoms with van der Waals surface area (Å²) in [7, 11) is 0. The second-order valence-electron chi connectivity index (χ2n) is 3.26. The predicted octanol–water partition coefficient (Wildman–Crippen LogP) is 0.123. The molecule has 0 aromatic carbocycles. The maximum atomic E-state index is 9.60. The molecule has 19 heavy (non-hydrogen) atoms. The summed E-state index contributed by atoms with van der Waals surface area (Å²) in [5.74, 6) is -1.87. The van der Waals surface area contributed by atoms with Gasteiger partial charge in [-0.05, 0) is 13.8 Å². The Morgan fingerprint density at radius 3 is 1.21 bits per heavy atom. The van der Waals surface area contributed by atoms with Crippen LogP contribution in [0.5, 0.6) is 0 Å². The average Bonchev–Trinajstić information content (AvgIpc) is 2.32. The van der Waals surface area contributed by atoms with Crippen molar-refractivity contribution in [2.45, 2.75) is 20.0 Å². The third kappa shape index (κ3) is 22.0. The number of rotatable bonds is 5. The maximum absolute atomic E-state index is 9.60. The molecule has 0 bridgehead atoms. The smallest absolute Gasteiger partial charge is 0.330 e. The zero-order valence-corrected chi connectivity index (χ0v) is 10.9. The molecule has 0 atom stereocenters. The number of hydrogen-bond acceptors (Lipinski definition) is 6. The van der Waals surface area contributed by atoms with Gasteiger partial charge < -0.3 is 20.4 Å². The van der Waals surface area contributed by atoms with Gasteiger partial charge in [-0.1, -0.05) is 13.2 Å². The number of aliphatic hydroxyl groups excluding tert-OH is 2. The van der Waals surface area contributed by atoms with E-state index in [0.717, 1.165) is 0 Å². The number of hydrogen-bond donors (Lipinski definition) is 5. The lowest BCUT2D eigenvalue weighted by Crippen LogP contribution is -2.19. The molecule has 0 unspecified atom stereocenters. The highest BCUT2D eigenvalue weighted by Crippen LogP contribution is 1.82. The van der Waals surface area contributed by atoms with Crippen molar-refractivity contribution >= 4 is 11.9 Å². The quantitative estimate of drug-likeness (QED) is 0.271. The van der Waals surface area contributed by atoms with Crippen LogP contribution in [0.4, 0.5) is 0 Å². The molecule has 5 N–H and O–H groups in total. The number of carbonyl (C=O) groups is 2.